The zero-order chi connectivity index (χ0) is 22.3. The fraction of sp³-hybridized carbons (Fsp3) is 0.269. The molecule has 0 saturated carbocycles. The Morgan fingerprint density at radius 3 is 1.88 bits per heavy atom. The lowest BCUT2D eigenvalue weighted by molar-refractivity contribution is 0.0119. The third kappa shape index (κ3) is 5.16. The average Bonchev–Trinajstić information content (AvgIpc) is 3.14. The number of para-hydroxylation sites is 2. The van der Waals surface area contributed by atoms with Crippen LogP contribution in [0.25, 0.3) is 21.8 Å². The van der Waals surface area contributed by atoms with Gasteiger partial charge in [0, 0.05) is 41.4 Å². The summed E-state index contributed by atoms with van der Waals surface area (Å²) >= 11 is 0. The summed E-state index contributed by atoms with van der Waals surface area (Å²) in [7, 11) is 0. The van der Waals surface area contributed by atoms with Crippen molar-refractivity contribution in [1.29, 1.82) is 0 Å². The first-order chi connectivity index (χ1) is 15.6. The van der Waals surface area contributed by atoms with Gasteiger partial charge in [-0.15, -0.1) is 0 Å². The normalized spacial score (nSPS) is 15.3. The zero-order valence-electron chi connectivity index (χ0n) is 17.9. The van der Waals surface area contributed by atoms with Crippen molar-refractivity contribution in [3.05, 3.63) is 84.4 Å². The average molecular weight is 433 g/mol. The van der Waals surface area contributed by atoms with Crippen LogP contribution in [0.4, 0.5) is 0 Å². The molecule has 4 aromatic rings. The highest BCUT2D eigenvalue weighted by atomic mass is 16.5. The van der Waals surface area contributed by atoms with E-state index >= 15 is 0 Å². The van der Waals surface area contributed by atoms with Gasteiger partial charge in [0.15, 0.2) is 0 Å². The SMILES string of the molecule is O=C(O)c1ccccc1.OC(CN1CCOCC1)Cn1c2ccccc2c2ccccc21. The maximum absolute atomic E-state index is 10.6. The lowest BCUT2D eigenvalue weighted by Gasteiger charge is -2.28. The molecule has 0 bridgehead atoms. The highest BCUT2D eigenvalue weighted by molar-refractivity contribution is 6.07. The molecule has 1 atom stereocenters. The molecule has 1 fully saturated rings. The lowest BCUT2D eigenvalue weighted by Crippen LogP contribution is -2.42. The molecule has 1 aromatic heterocycles. The van der Waals surface area contributed by atoms with E-state index in [4.69, 9.17) is 9.84 Å². The van der Waals surface area contributed by atoms with E-state index < -0.39 is 5.97 Å². The standard InChI is InChI=1S/C19H22N2O2.C7H6O2/c22-15(13-20-9-11-23-12-10-20)14-21-18-7-3-1-5-16(18)17-6-2-4-8-19(17)21;8-7(9)6-4-2-1-3-5-6/h1-8,15,22H,9-14H2;1-5H,(H,8,9). The molecule has 0 radical (unpaired) electrons. The van der Waals surface area contributed by atoms with Gasteiger partial charge < -0.3 is 19.5 Å². The number of hydrogen-bond acceptors (Lipinski definition) is 4. The Morgan fingerprint density at radius 2 is 1.34 bits per heavy atom. The lowest BCUT2D eigenvalue weighted by atomic mass is 10.2. The number of benzene rings is 3. The number of hydrogen-bond donors (Lipinski definition) is 2. The molecule has 1 aliphatic rings. The van der Waals surface area contributed by atoms with Gasteiger partial charge in [-0.1, -0.05) is 54.6 Å². The van der Waals surface area contributed by atoms with Gasteiger partial charge in [0.1, 0.15) is 0 Å². The van der Waals surface area contributed by atoms with E-state index in [0.717, 1.165) is 26.3 Å². The van der Waals surface area contributed by atoms with E-state index in [1.165, 1.54) is 21.8 Å². The number of aromatic carboxylic acids is 1. The quantitative estimate of drug-likeness (QED) is 0.501. The van der Waals surface area contributed by atoms with Gasteiger partial charge in [0.05, 0.1) is 31.4 Å². The summed E-state index contributed by atoms with van der Waals surface area (Å²) in [5.74, 6) is -0.879. The van der Waals surface area contributed by atoms with Crippen LogP contribution in [0.3, 0.4) is 0 Å². The van der Waals surface area contributed by atoms with E-state index in [2.05, 4.69) is 58.0 Å². The third-order valence-corrected chi connectivity index (χ3v) is 5.67. The van der Waals surface area contributed by atoms with Crippen LogP contribution >= 0.6 is 0 Å². The highest BCUT2D eigenvalue weighted by Crippen LogP contribution is 2.28. The van der Waals surface area contributed by atoms with Crippen LogP contribution in [0.2, 0.25) is 0 Å². The number of morpholine rings is 1. The summed E-state index contributed by atoms with van der Waals surface area (Å²) in [6.45, 7) is 4.66. The van der Waals surface area contributed by atoms with Crippen molar-refractivity contribution in [2.24, 2.45) is 0 Å². The number of aromatic nitrogens is 1. The smallest absolute Gasteiger partial charge is 0.335 e. The van der Waals surface area contributed by atoms with Gasteiger partial charge in [-0.3, -0.25) is 4.90 Å². The van der Waals surface area contributed by atoms with E-state index in [9.17, 15) is 9.90 Å². The summed E-state index contributed by atoms with van der Waals surface area (Å²) in [6.07, 6.45) is -0.382. The topological polar surface area (TPSA) is 74.9 Å². The second-order valence-corrected chi connectivity index (χ2v) is 7.88. The summed E-state index contributed by atoms with van der Waals surface area (Å²) < 4.78 is 7.62. The van der Waals surface area contributed by atoms with Gasteiger partial charge in [-0.2, -0.15) is 0 Å². The molecular weight excluding hydrogens is 404 g/mol. The first-order valence-electron chi connectivity index (χ1n) is 10.9. The molecule has 2 heterocycles. The summed E-state index contributed by atoms with van der Waals surface area (Å²) in [5.41, 5.74) is 2.71. The highest BCUT2D eigenvalue weighted by Gasteiger charge is 2.17. The minimum atomic E-state index is -0.879. The van der Waals surface area contributed by atoms with Crippen LogP contribution in [0, 0.1) is 0 Å². The number of ether oxygens (including phenoxy) is 1. The number of fused-ring (bicyclic) bond motifs is 3. The number of aliphatic hydroxyl groups excluding tert-OH is 1. The molecule has 0 spiro atoms. The third-order valence-electron chi connectivity index (χ3n) is 5.67. The Morgan fingerprint density at radius 1 is 0.812 bits per heavy atom. The van der Waals surface area contributed by atoms with Crippen molar-refractivity contribution in [3.8, 4) is 0 Å². The zero-order valence-corrected chi connectivity index (χ0v) is 17.9. The molecule has 1 aliphatic heterocycles. The second-order valence-electron chi connectivity index (χ2n) is 7.88. The molecule has 6 heteroatoms. The number of β-amino-alcohol motifs (C(OH)–C–C–N with tert-alkyl or cyclic N) is 1. The van der Waals surface area contributed by atoms with Gasteiger partial charge in [0.2, 0.25) is 0 Å². The summed E-state index contributed by atoms with van der Waals surface area (Å²) in [5, 5.41) is 21.5. The fourth-order valence-electron chi connectivity index (χ4n) is 4.13. The molecule has 0 amide bonds. The van der Waals surface area contributed by atoms with Crippen molar-refractivity contribution < 1.29 is 19.7 Å². The van der Waals surface area contributed by atoms with Crippen molar-refractivity contribution in [2.75, 3.05) is 32.8 Å². The fourth-order valence-corrected chi connectivity index (χ4v) is 4.13. The first-order valence-corrected chi connectivity index (χ1v) is 10.9. The summed E-state index contributed by atoms with van der Waals surface area (Å²) in [4.78, 5) is 12.5. The maximum Gasteiger partial charge on any atom is 0.335 e. The van der Waals surface area contributed by atoms with Crippen LogP contribution in [0.1, 0.15) is 10.4 Å². The Bertz CT molecular complexity index is 1110. The Labute approximate surface area is 187 Å². The second kappa shape index (κ2) is 10.4. The van der Waals surface area contributed by atoms with Gasteiger partial charge >= 0.3 is 5.97 Å². The largest absolute Gasteiger partial charge is 0.478 e. The van der Waals surface area contributed by atoms with Crippen molar-refractivity contribution in [3.63, 3.8) is 0 Å². The number of carboxylic acid groups (broad SMARTS) is 1. The van der Waals surface area contributed by atoms with Crippen LogP contribution in [-0.4, -0.2) is 64.6 Å². The van der Waals surface area contributed by atoms with Crippen molar-refractivity contribution >= 4 is 27.8 Å². The minimum absolute atomic E-state index is 0.331. The Kier molecular flexibility index (Phi) is 7.17. The predicted octanol–water partition coefficient (Wildman–Crippen LogP) is 3.87. The Balaban J connectivity index is 0.000000230. The molecule has 6 nitrogen and oxygen atoms in total. The molecule has 166 valence electrons. The summed E-state index contributed by atoms with van der Waals surface area (Å²) in [6, 6.07) is 25.1. The molecule has 32 heavy (non-hydrogen) atoms. The number of rotatable bonds is 5. The number of aliphatic hydroxyl groups is 1. The molecule has 1 saturated heterocycles. The van der Waals surface area contributed by atoms with Crippen LogP contribution in [-0.2, 0) is 11.3 Å². The number of nitrogens with zero attached hydrogens (tertiary/aromatic N) is 2. The van der Waals surface area contributed by atoms with Gasteiger partial charge in [-0.25, -0.2) is 4.79 Å². The first kappa shape index (κ1) is 22.0. The number of carboxylic acids is 1. The molecular formula is C26H28N2O4. The predicted molar refractivity (Wildman–Crippen MR) is 126 cm³/mol. The number of carbonyl (C=O) groups is 1. The van der Waals surface area contributed by atoms with Gasteiger partial charge in [-0.05, 0) is 24.3 Å². The molecule has 0 aliphatic carbocycles. The van der Waals surface area contributed by atoms with Crippen LogP contribution in [0.15, 0.2) is 78.9 Å². The van der Waals surface area contributed by atoms with Crippen molar-refractivity contribution in [2.45, 2.75) is 12.6 Å². The minimum Gasteiger partial charge on any atom is -0.478 e. The van der Waals surface area contributed by atoms with Crippen LogP contribution < -0.4 is 0 Å². The van der Waals surface area contributed by atoms with E-state index in [-0.39, 0.29) is 6.10 Å². The molecule has 5 rings (SSSR count). The van der Waals surface area contributed by atoms with E-state index in [1.54, 1.807) is 30.3 Å². The Hall–Kier alpha value is -3.19. The van der Waals surface area contributed by atoms with E-state index in [1.807, 2.05) is 0 Å². The molecule has 2 N–H and O–H groups in total. The van der Waals surface area contributed by atoms with Crippen LogP contribution in [0.5, 0.6) is 0 Å². The van der Waals surface area contributed by atoms with Crippen molar-refractivity contribution in [1.82, 2.24) is 9.47 Å². The maximum atomic E-state index is 10.6. The molecule has 1 unspecified atom stereocenters. The van der Waals surface area contributed by atoms with E-state index in [0.29, 0.717) is 18.7 Å². The molecule has 3 aromatic carbocycles. The van der Waals surface area contributed by atoms with Gasteiger partial charge in [0.25, 0.3) is 0 Å². The monoisotopic (exact) mass is 432 g/mol.